The minimum Gasteiger partial charge on any atom is -0.388 e. The van der Waals surface area contributed by atoms with Crippen molar-refractivity contribution >= 4 is 33.3 Å². The van der Waals surface area contributed by atoms with Gasteiger partial charge in [0.25, 0.3) is 0 Å². The number of hydrogen-bond acceptors (Lipinski definition) is 7. The van der Waals surface area contributed by atoms with E-state index in [2.05, 4.69) is 20.7 Å². The summed E-state index contributed by atoms with van der Waals surface area (Å²) in [5.74, 6) is 6.48. The minimum atomic E-state index is -0.608. The predicted molar refractivity (Wildman–Crippen MR) is 77.1 cm³/mol. The number of hydrogen-bond donors (Lipinski definition) is 4. The lowest BCUT2D eigenvalue weighted by molar-refractivity contribution is 0.0614. The Labute approximate surface area is 115 Å². The van der Waals surface area contributed by atoms with Gasteiger partial charge in [-0.05, 0) is 24.3 Å². The van der Waals surface area contributed by atoms with E-state index in [0.717, 1.165) is 41.7 Å². The van der Waals surface area contributed by atoms with E-state index in [9.17, 15) is 5.11 Å². The Bertz CT molecular complexity index is 579. The van der Waals surface area contributed by atoms with E-state index >= 15 is 0 Å². The van der Waals surface area contributed by atoms with Crippen LogP contribution in [0, 0.1) is 0 Å². The van der Waals surface area contributed by atoms with Crippen LogP contribution in [-0.2, 0) is 0 Å². The summed E-state index contributed by atoms with van der Waals surface area (Å²) in [6, 6.07) is 1.97. The first-order valence-corrected chi connectivity index (χ1v) is 7.26. The summed E-state index contributed by atoms with van der Waals surface area (Å²) in [7, 11) is 0. The Morgan fingerprint density at radius 3 is 2.89 bits per heavy atom. The molecule has 2 aromatic rings. The lowest BCUT2D eigenvalue weighted by Gasteiger charge is -2.22. The van der Waals surface area contributed by atoms with E-state index < -0.39 is 5.60 Å². The number of rotatable bonds is 4. The number of hydrazine groups is 1. The molecule has 2 aromatic heterocycles. The van der Waals surface area contributed by atoms with Crippen molar-refractivity contribution in [1.29, 1.82) is 0 Å². The zero-order valence-electron chi connectivity index (χ0n) is 10.5. The van der Waals surface area contributed by atoms with Crippen LogP contribution in [0.5, 0.6) is 0 Å². The number of nitrogen functional groups attached to an aromatic ring is 1. The Morgan fingerprint density at radius 2 is 2.16 bits per heavy atom. The maximum Gasteiger partial charge on any atom is 0.240 e. The van der Waals surface area contributed by atoms with Gasteiger partial charge in [-0.25, -0.2) is 10.8 Å². The van der Waals surface area contributed by atoms with Crippen LogP contribution in [0.2, 0.25) is 0 Å². The molecule has 19 heavy (non-hydrogen) atoms. The summed E-state index contributed by atoms with van der Waals surface area (Å²) in [6.07, 6.45) is 3.87. The molecule has 1 aliphatic carbocycles. The van der Waals surface area contributed by atoms with Crippen molar-refractivity contribution < 1.29 is 5.11 Å². The third-order valence-electron chi connectivity index (χ3n) is 3.57. The first-order chi connectivity index (χ1) is 9.20. The lowest BCUT2D eigenvalue weighted by atomic mass is 10.0. The molecule has 0 unspecified atom stereocenters. The molecular weight excluding hydrogens is 262 g/mol. The topological polar surface area (TPSA) is 96.1 Å². The van der Waals surface area contributed by atoms with Gasteiger partial charge in [0.15, 0.2) is 0 Å². The summed E-state index contributed by atoms with van der Waals surface area (Å²) in [5.41, 5.74) is 1.86. The van der Waals surface area contributed by atoms with Crippen molar-refractivity contribution in [2.75, 3.05) is 17.3 Å². The van der Waals surface area contributed by atoms with Crippen LogP contribution in [0.15, 0.2) is 11.4 Å². The average molecular weight is 279 g/mol. The SMILES string of the molecule is NNc1nc(NCC2(O)CCCC2)c2ccsc2n1. The molecule has 102 valence electrons. The van der Waals surface area contributed by atoms with Gasteiger partial charge >= 0.3 is 0 Å². The third kappa shape index (κ3) is 2.49. The maximum absolute atomic E-state index is 10.4. The van der Waals surface area contributed by atoms with Crippen LogP contribution in [0.3, 0.4) is 0 Å². The molecule has 2 heterocycles. The van der Waals surface area contributed by atoms with E-state index in [1.54, 1.807) is 0 Å². The zero-order chi connectivity index (χ0) is 13.3. The minimum absolute atomic E-state index is 0.385. The van der Waals surface area contributed by atoms with Crippen molar-refractivity contribution in [3.05, 3.63) is 11.4 Å². The van der Waals surface area contributed by atoms with Crippen LogP contribution in [0.1, 0.15) is 25.7 Å². The second-order valence-electron chi connectivity index (χ2n) is 4.96. The van der Waals surface area contributed by atoms with Gasteiger partial charge in [-0.3, -0.25) is 5.43 Å². The molecule has 0 aliphatic heterocycles. The summed E-state index contributed by atoms with van der Waals surface area (Å²) in [6.45, 7) is 0.513. The smallest absolute Gasteiger partial charge is 0.240 e. The Kier molecular flexibility index (Phi) is 3.26. The predicted octanol–water partition coefficient (Wildman–Crippen LogP) is 1.69. The van der Waals surface area contributed by atoms with Crippen LogP contribution >= 0.6 is 11.3 Å². The summed E-state index contributed by atoms with van der Waals surface area (Å²) in [5, 5.41) is 16.5. The molecule has 5 N–H and O–H groups in total. The molecule has 1 fully saturated rings. The normalized spacial score (nSPS) is 17.8. The second kappa shape index (κ2) is 4.92. The van der Waals surface area contributed by atoms with Crippen molar-refractivity contribution in [3.63, 3.8) is 0 Å². The molecule has 1 aliphatic rings. The summed E-state index contributed by atoms with van der Waals surface area (Å²) >= 11 is 1.54. The number of aromatic nitrogens is 2. The van der Waals surface area contributed by atoms with E-state index in [4.69, 9.17) is 5.84 Å². The fourth-order valence-corrected chi connectivity index (χ4v) is 3.28. The van der Waals surface area contributed by atoms with Crippen LogP contribution in [-0.4, -0.2) is 27.2 Å². The van der Waals surface area contributed by atoms with Crippen molar-refractivity contribution in [2.24, 2.45) is 5.84 Å². The van der Waals surface area contributed by atoms with Gasteiger partial charge in [-0.1, -0.05) is 12.8 Å². The van der Waals surface area contributed by atoms with Crippen LogP contribution < -0.4 is 16.6 Å². The van der Waals surface area contributed by atoms with Crippen LogP contribution in [0.4, 0.5) is 11.8 Å². The van der Waals surface area contributed by atoms with Crippen LogP contribution in [0.25, 0.3) is 10.2 Å². The highest BCUT2D eigenvalue weighted by atomic mass is 32.1. The molecule has 0 aromatic carbocycles. The molecule has 0 radical (unpaired) electrons. The highest BCUT2D eigenvalue weighted by molar-refractivity contribution is 7.16. The van der Waals surface area contributed by atoms with Gasteiger partial charge in [0.1, 0.15) is 10.6 Å². The van der Waals surface area contributed by atoms with Crippen molar-refractivity contribution in [2.45, 2.75) is 31.3 Å². The average Bonchev–Trinajstić information content (AvgIpc) is 3.04. The summed E-state index contributed by atoms with van der Waals surface area (Å²) < 4.78 is 0. The Morgan fingerprint density at radius 1 is 1.37 bits per heavy atom. The molecule has 7 heteroatoms. The summed E-state index contributed by atoms with van der Waals surface area (Å²) in [4.78, 5) is 9.48. The molecule has 1 saturated carbocycles. The second-order valence-corrected chi connectivity index (χ2v) is 5.86. The number of anilines is 2. The van der Waals surface area contributed by atoms with E-state index in [0.29, 0.717) is 12.5 Å². The van der Waals surface area contributed by atoms with Gasteiger partial charge in [0.05, 0.1) is 11.0 Å². The molecule has 0 atom stereocenters. The standard InChI is InChI=1S/C12H17N5OS/c13-17-11-15-9(8-3-6-19-10(8)16-11)14-7-12(18)4-1-2-5-12/h3,6,18H,1-2,4-5,7,13H2,(H2,14,15,16,17). The van der Waals surface area contributed by atoms with Crippen molar-refractivity contribution in [1.82, 2.24) is 9.97 Å². The molecule has 6 nitrogen and oxygen atoms in total. The monoisotopic (exact) mass is 279 g/mol. The Hall–Kier alpha value is -1.44. The molecule has 0 amide bonds. The number of thiophene rings is 1. The molecule has 3 rings (SSSR count). The molecule has 0 saturated heterocycles. The number of aliphatic hydroxyl groups is 1. The zero-order valence-corrected chi connectivity index (χ0v) is 11.3. The quantitative estimate of drug-likeness (QED) is 0.502. The molecule has 0 bridgehead atoms. The van der Waals surface area contributed by atoms with E-state index in [1.807, 2.05) is 11.4 Å². The molecule has 0 spiro atoms. The number of fused-ring (bicyclic) bond motifs is 1. The number of nitrogens with one attached hydrogen (secondary N) is 2. The van der Waals surface area contributed by atoms with Gasteiger partial charge in [0.2, 0.25) is 5.95 Å². The first kappa shape index (κ1) is 12.6. The largest absolute Gasteiger partial charge is 0.388 e. The highest BCUT2D eigenvalue weighted by Crippen LogP contribution is 2.31. The fraction of sp³-hybridized carbons (Fsp3) is 0.500. The van der Waals surface area contributed by atoms with Gasteiger partial charge in [-0.2, -0.15) is 4.98 Å². The fourth-order valence-electron chi connectivity index (χ4n) is 2.51. The number of nitrogens with two attached hydrogens (primary N) is 1. The van der Waals surface area contributed by atoms with Gasteiger partial charge in [-0.15, -0.1) is 11.3 Å². The third-order valence-corrected chi connectivity index (χ3v) is 4.38. The lowest BCUT2D eigenvalue weighted by Crippen LogP contribution is -2.33. The van der Waals surface area contributed by atoms with Gasteiger partial charge < -0.3 is 10.4 Å². The maximum atomic E-state index is 10.4. The van der Waals surface area contributed by atoms with E-state index in [1.165, 1.54) is 11.3 Å². The van der Waals surface area contributed by atoms with E-state index in [-0.39, 0.29) is 0 Å². The molecular formula is C12H17N5OS. The van der Waals surface area contributed by atoms with Gasteiger partial charge in [0, 0.05) is 6.54 Å². The highest BCUT2D eigenvalue weighted by Gasteiger charge is 2.31. The number of nitrogens with zero attached hydrogens (tertiary/aromatic N) is 2. The Balaban J connectivity index is 1.85. The first-order valence-electron chi connectivity index (χ1n) is 6.38. The van der Waals surface area contributed by atoms with Crippen molar-refractivity contribution in [3.8, 4) is 0 Å².